The molecular formula is C13H10BrN3O3S. The molecule has 0 aliphatic heterocycles. The molecule has 8 heteroatoms. The van der Waals surface area contributed by atoms with Crippen LogP contribution in [0.2, 0.25) is 0 Å². The Morgan fingerprint density at radius 3 is 2.76 bits per heavy atom. The van der Waals surface area contributed by atoms with Gasteiger partial charge >= 0.3 is 0 Å². The van der Waals surface area contributed by atoms with E-state index in [1.54, 1.807) is 6.92 Å². The van der Waals surface area contributed by atoms with E-state index in [2.05, 4.69) is 26.5 Å². The second-order valence-corrected chi connectivity index (χ2v) is 6.59. The summed E-state index contributed by atoms with van der Waals surface area (Å²) in [5.41, 5.74) is 3.12. The predicted molar refractivity (Wildman–Crippen MR) is 84.9 cm³/mol. The second kappa shape index (κ2) is 6.59. The summed E-state index contributed by atoms with van der Waals surface area (Å²) >= 11 is 4.81. The number of hydrogen-bond donors (Lipinski definition) is 1. The quantitative estimate of drug-likeness (QED) is 0.509. The molecular weight excluding hydrogens is 358 g/mol. The Balaban J connectivity index is 2.05. The highest BCUT2D eigenvalue weighted by Gasteiger charge is 2.13. The van der Waals surface area contributed by atoms with E-state index in [1.165, 1.54) is 35.8 Å². The van der Waals surface area contributed by atoms with E-state index in [0.717, 1.165) is 8.66 Å². The van der Waals surface area contributed by atoms with Crippen LogP contribution in [0.5, 0.6) is 0 Å². The summed E-state index contributed by atoms with van der Waals surface area (Å²) in [6, 6.07) is 7.92. The molecule has 0 aliphatic rings. The highest BCUT2D eigenvalue weighted by Crippen LogP contribution is 2.20. The smallest absolute Gasteiger partial charge is 0.267 e. The molecule has 1 aromatic carbocycles. The molecule has 2 aromatic rings. The Kier molecular flexibility index (Phi) is 4.81. The molecule has 0 atom stereocenters. The van der Waals surface area contributed by atoms with Gasteiger partial charge in [0.2, 0.25) is 0 Å². The van der Waals surface area contributed by atoms with Crippen molar-refractivity contribution in [3.63, 3.8) is 0 Å². The van der Waals surface area contributed by atoms with Gasteiger partial charge < -0.3 is 0 Å². The van der Waals surface area contributed by atoms with Gasteiger partial charge in [-0.05, 0) is 47.1 Å². The summed E-state index contributed by atoms with van der Waals surface area (Å²) in [6.07, 6.45) is 1.53. The molecule has 21 heavy (non-hydrogen) atoms. The number of carbonyl (C=O) groups is 1. The van der Waals surface area contributed by atoms with Crippen molar-refractivity contribution in [2.75, 3.05) is 0 Å². The van der Waals surface area contributed by atoms with Crippen molar-refractivity contribution < 1.29 is 9.72 Å². The van der Waals surface area contributed by atoms with Crippen LogP contribution in [0.3, 0.4) is 0 Å². The molecule has 0 fully saturated rings. The Morgan fingerprint density at radius 1 is 1.43 bits per heavy atom. The van der Waals surface area contributed by atoms with Crippen LogP contribution in [-0.2, 0) is 0 Å². The molecule has 0 unspecified atom stereocenters. The lowest BCUT2D eigenvalue weighted by Gasteiger charge is -2.01. The van der Waals surface area contributed by atoms with Gasteiger partial charge in [0, 0.05) is 22.1 Å². The average Bonchev–Trinajstić information content (AvgIpc) is 2.83. The van der Waals surface area contributed by atoms with Crippen molar-refractivity contribution in [2.45, 2.75) is 6.92 Å². The van der Waals surface area contributed by atoms with Gasteiger partial charge in [-0.25, -0.2) is 5.43 Å². The molecule has 1 aromatic heterocycles. The Hall–Kier alpha value is -2.06. The predicted octanol–water partition coefficient (Wildman–Crippen LogP) is 3.49. The Morgan fingerprint density at radius 2 is 2.19 bits per heavy atom. The van der Waals surface area contributed by atoms with Crippen LogP contribution in [-0.4, -0.2) is 17.0 Å². The number of halogens is 1. The molecule has 2 rings (SSSR count). The van der Waals surface area contributed by atoms with Crippen molar-refractivity contribution in [3.8, 4) is 0 Å². The maximum Gasteiger partial charge on any atom is 0.272 e. The van der Waals surface area contributed by atoms with E-state index in [-0.39, 0.29) is 5.69 Å². The van der Waals surface area contributed by atoms with Crippen LogP contribution in [0.15, 0.2) is 39.2 Å². The van der Waals surface area contributed by atoms with Crippen LogP contribution in [0.1, 0.15) is 20.8 Å². The van der Waals surface area contributed by atoms with Crippen LogP contribution in [0.25, 0.3) is 0 Å². The van der Waals surface area contributed by atoms with Crippen molar-refractivity contribution in [2.24, 2.45) is 5.10 Å². The zero-order chi connectivity index (χ0) is 15.4. The maximum absolute atomic E-state index is 11.9. The number of amides is 1. The molecule has 6 nitrogen and oxygen atoms in total. The third kappa shape index (κ3) is 3.96. The number of thiophene rings is 1. The average molecular weight is 368 g/mol. The third-order valence-corrected chi connectivity index (χ3v) is 4.17. The SMILES string of the molecule is Cc1cc(C(=O)NN=Cc2ccc(Br)s2)ccc1[N+](=O)[O-]. The molecule has 1 amide bonds. The number of aryl methyl sites for hydroxylation is 1. The highest BCUT2D eigenvalue weighted by molar-refractivity contribution is 9.11. The standard InChI is InChI=1S/C13H10BrN3O3S/c1-8-6-9(2-4-11(8)17(19)20)13(18)16-15-7-10-3-5-12(14)21-10/h2-7H,1H3,(H,16,18). The lowest BCUT2D eigenvalue weighted by Crippen LogP contribution is -2.17. The first-order valence-corrected chi connectivity index (χ1v) is 7.42. The summed E-state index contributed by atoms with van der Waals surface area (Å²) in [7, 11) is 0. The fraction of sp³-hybridized carbons (Fsp3) is 0.0769. The van der Waals surface area contributed by atoms with E-state index < -0.39 is 10.8 Å². The van der Waals surface area contributed by atoms with Gasteiger partial charge in [0.1, 0.15) is 0 Å². The molecule has 1 heterocycles. The summed E-state index contributed by atoms with van der Waals surface area (Å²) in [5.74, 6) is -0.417. The number of benzene rings is 1. The van der Waals surface area contributed by atoms with Crippen molar-refractivity contribution >= 4 is 45.1 Å². The minimum Gasteiger partial charge on any atom is -0.267 e. The normalized spacial score (nSPS) is 10.8. The number of rotatable bonds is 4. The summed E-state index contributed by atoms with van der Waals surface area (Å²) in [4.78, 5) is 23.0. The molecule has 0 aliphatic carbocycles. The van der Waals surface area contributed by atoms with Gasteiger partial charge in [-0.3, -0.25) is 14.9 Å². The van der Waals surface area contributed by atoms with E-state index in [4.69, 9.17) is 0 Å². The molecule has 108 valence electrons. The number of nitro groups is 1. The fourth-order valence-electron chi connectivity index (χ4n) is 1.62. The second-order valence-electron chi connectivity index (χ2n) is 4.10. The lowest BCUT2D eigenvalue weighted by atomic mass is 10.1. The maximum atomic E-state index is 11.9. The summed E-state index contributed by atoms with van der Waals surface area (Å²) in [5, 5.41) is 14.6. The molecule has 0 bridgehead atoms. The van der Waals surface area contributed by atoms with Gasteiger partial charge in [-0.2, -0.15) is 5.10 Å². The molecule has 0 saturated heterocycles. The monoisotopic (exact) mass is 367 g/mol. The van der Waals surface area contributed by atoms with Gasteiger partial charge in [0.05, 0.1) is 14.9 Å². The first-order valence-electron chi connectivity index (χ1n) is 5.81. The fourth-order valence-corrected chi connectivity index (χ4v) is 2.91. The van der Waals surface area contributed by atoms with Crippen molar-refractivity contribution in [3.05, 3.63) is 60.2 Å². The number of nitrogens with one attached hydrogen (secondary N) is 1. The first kappa shape index (κ1) is 15.3. The lowest BCUT2D eigenvalue weighted by molar-refractivity contribution is -0.385. The molecule has 0 saturated carbocycles. The van der Waals surface area contributed by atoms with Crippen LogP contribution in [0.4, 0.5) is 5.69 Å². The minimum absolute atomic E-state index is 0.0153. The Labute approximate surface area is 132 Å². The first-order chi connectivity index (χ1) is 9.97. The Bertz CT molecular complexity index is 727. The number of nitrogens with zero attached hydrogens (tertiary/aromatic N) is 2. The number of hydrogen-bond acceptors (Lipinski definition) is 5. The van der Waals surface area contributed by atoms with E-state index in [9.17, 15) is 14.9 Å². The van der Waals surface area contributed by atoms with Gasteiger partial charge in [-0.15, -0.1) is 11.3 Å². The number of carbonyl (C=O) groups excluding carboxylic acids is 1. The third-order valence-electron chi connectivity index (χ3n) is 2.61. The van der Waals surface area contributed by atoms with Gasteiger partial charge in [-0.1, -0.05) is 0 Å². The summed E-state index contributed by atoms with van der Waals surface area (Å²) in [6.45, 7) is 1.58. The van der Waals surface area contributed by atoms with Crippen LogP contribution < -0.4 is 5.43 Å². The molecule has 1 N–H and O–H groups in total. The number of hydrazone groups is 1. The van der Waals surface area contributed by atoms with Crippen molar-refractivity contribution in [1.29, 1.82) is 0 Å². The van der Waals surface area contributed by atoms with Gasteiger partial charge in [0.15, 0.2) is 0 Å². The van der Waals surface area contributed by atoms with Crippen LogP contribution >= 0.6 is 27.3 Å². The van der Waals surface area contributed by atoms with E-state index >= 15 is 0 Å². The van der Waals surface area contributed by atoms with E-state index in [1.807, 2.05) is 12.1 Å². The number of nitro benzene ring substituents is 1. The van der Waals surface area contributed by atoms with Gasteiger partial charge in [0.25, 0.3) is 11.6 Å². The molecule has 0 radical (unpaired) electrons. The minimum atomic E-state index is -0.482. The van der Waals surface area contributed by atoms with E-state index in [0.29, 0.717) is 11.1 Å². The highest BCUT2D eigenvalue weighted by atomic mass is 79.9. The topological polar surface area (TPSA) is 84.6 Å². The zero-order valence-corrected chi connectivity index (χ0v) is 13.3. The largest absolute Gasteiger partial charge is 0.272 e. The van der Waals surface area contributed by atoms with Crippen LogP contribution in [0, 0.1) is 17.0 Å². The zero-order valence-electron chi connectivity index (χ0n) is 10.9. The van der Waals surface area contributed by atoms with Crippen molar-refractivity contribution in [1.82, 2.24) is 5.43 Å². The molecule has 0 spiro atoms. The summed E-state index contributed by atoms with van der Waals surface area (Å²) < 4.78 is 0.973.